The predicted octanol–water partition coefficient (Wildman–Crippen LogP) is 2.44. The van der Waals surface area contributed by atoms with Crippen LogP contribution in [-0.2, 0) is 6.42 Å². The highest BCUT2D eigenvalue weighted by molar-refractivity contribution is 6.04. The maximum absolute atomic E-state index is 12.3. The summed E-state index contributed by atoms with van der Waals surface area (Å²) in [7, 11) is 1.99. The number of ether oxygens (including phenoxy) is 1. The van der Waals surface area contributed by atoms with E-state index in [-0.39, 0.29) is 5.91 Å². The van der Waals surface area contributed by atoms with E-state index in [1.54, 1.807) is 6.07 Å². The number of carbonyl (C=O) groups is 1. The zero-order valence-electron chi connectivity index (χ0n) is 12.8. The van der Waals surface area contributed by atoms with Gasteiger partial charge in [-0.2, -0.15) is 5.10 Å². The number of amides is 1. The lowest BCUT2D eigenvalue weighted by Crippen LogP contribution is -2.29. The molecule has 1 aliphatic heterocycles. The van der Waals surface area contributed by atoms with Gasteiger partial charge in [-0.1, -0.05) is 13.3 Å². The summed E-state index contributed by atoms with van der Waals surface area (Å²) in [5.74, 6) is 1.20. The third-order valence-corrected chi connectivity index (χ3v) is 3.71. The van der Waals surface area contributed by atoms with Crippen LogP contribution in [-0.4, -0.2) is 36.3 Å². The first-order valence-electron chi connectivity index (χ1n) is 7.51. The van der Waals surface area contributed by atoms with Crippen molar-refractivity contribution in [3.63, 3.8) is 0 Å². The van der Waals surface area contributed by atoms with Gasteiger partial charge in [0.1, 0.15) is 12.4 Å². The number of anilines is 2. The molecule has 0 bridgehead atoms. The molecule has 116 valence electrons. The van der Waals surface area contributed by atoms with Gasteiger partial charge >= 0.3 is 0 Å². The zero-order chi connectivity index (χ0) is 15.5. The van der Waals surface area contributed by atoms with Crippen LogP contribution in [0, 0.1) is 0 Å². The van der Waals surface area contributed by atoms with Crippen molar-refractivity contribution in [2.24, 2.45) is 0 Å². The summed E-state index contributed by atoms with van der Waals surface area (Å²) in [6.07, 6.45) is 1.95. The topological polar surface area (TPSA) is 70.2 Å². The summed E-state index contributed by atoms with van der Waals surface area (Å²) in [5.41, 5.74) is 2.56. The number of rotatable bonds is 4. The second-order valence-electron chi connectivity index (χ2n) is 5.44. The van der Waals surface area contributed by atoms with Crippen molar-refractivity contribution in [3.05, 3.63) is 35.5 Å². The number of likely N-dealkylation sites (N-methyl/N-ethyl adjacent to an activating group) is 1. The number of nitrogens with zero attached hydrogens (tertiary/aromatic N) is 2. The van der Waals surface area contributed by atoms with Crippen molar-refractivity contribution in [2.75, 3.05) is 30.4 Å². The molecule has 2 heterocycles. The number of hydrogen-bond donors (Lipinski definition) is 2. The number of nitrogens with one attached hydrogen (secondary N) is 2. The van der Waals surface area contributed by atoms with Crippen LogP contribution in [0.25, 0.3) is 0 Å². The average Bonchev–Trinajstić information content (AvgIpc) is 2.95. The lowest BCUT2D eigenvalue weighted by Gasteiger charge is -2.27. The van der Waals surface area contributed by atoms with E-state index in [2.05, 4.69) is 27.3 Å². The van der Waals surface area contributed by atoms with Crippen LogP contribution in [0.1, 0.15) is 29.4 Å². The number of aromatic nitrogens is 2. The molecule has 1 aliphatic rings. The van der Waals surface area contributed by atoms with Crippen LogP contribution in [0.5, 0.6) is 5.75 Å². The maximum Gasteiger partial charge on any atom is 0.256 e. The molecule has 1 amide bonds. The Balaban J connectivity index is 1.75. The van der Waals surface area contributed by atoms with Gasteiger partial charge in [-0.3, -0.25) is 9.89 Å². The van der Waals surface area contributed by atoms with Crippen LogP contribution >= 0.6 is 0 Å². The van der Waals surface area contributed by atoms with E-state index < -0.39 is 0 Å². The van der Waals surface area contributed by atoms with E-state index >= 15 is 0 Å². The maximum atomic E-state index is 12.3. The second-order valence-corrected chi connectivity index (χ2v) is 5.44. The van der Waals surface area contributed by atoms with Gasteiger partial charge in [-0.25, -0.2) is 0 Å². The standard InChI is InChI=1S/C16H20N4O2/c1-3-4-12-10-15(19-18-12)17-16(21)11-5-6-14-13(9-11)20(2)7-8-22-14/h5-6,9-10H,3-4,7-8H2,1-2H3,(H2,17,18,19,21). The molecule has 0 saturated carbocycles. The first-order chi connectivity index (χ1) is 10.7. The van der Waals surface area contributed by atoms with Gasteiger partial charge in [0.2, 0.25) is 0 Å². The SMILES string of the molecule is CCCc1cc(NC(=O)c2ccc3c(c2)N(C)CCO3)n[nH]1. The van der Waals surface area contributed by atoms with Gasteiger partial charge < -0.3 is 15.0 Å². The summed E-state index contributed by atoms with van der Waals surface area (Å²) in [4.78, 5) is 14.4. The molecule has 6 heteroatoms. The highest BCUT2D eigenvalue weighted by Gasteiger charge is 2.17. The van der Waals surface area contributed by atoms with E-state index in [9.17, 15) is 4.79 Å². The van der Waals surface area contributed by atoms with Crippen LogP contribution in [0.4, 0.5) is 11.5 Å². The van der Waals surface area contributed by atoms with Gasteiger partial charge in [0.15, 0.2) is 5.82 Å². The highest BCUT2D eigenvalue weighted by Crippen LogP contribution is 2.31. The van der Waals surface area contributed by atoms with Crippen molar-refractivity contribution >= 4 is 17.4 Å². The molecule has 0 spiro atoms. The number of hydrogen-bond acceptors (Lipinski definition) is 4. The van der Waals surface area contributed by atoms with E-state index in [4.69, 9.17) is 4.74 Å². The molecule has 0 unspecified atom stereocenters. The third-order valence-electron chi connectivity index (χ3n) is 3.71. The van der Waals surface area contributed by atoms with Crippen LogP contribution in [0.15, 0.2) is 24.3 Å². The van der Waals surface area contributed by atoms with Gasteiger partial charge in [0.25, 0.3) is 5.91 Å². The molecular formula is C16H20N4O2. The minimum atomic E-state index is -0.170. The minimum absolute atomic E-state index is 0.170. The Bertz CT molecular complexity index is 681. The summed E-state index contributed by atoms with van der Waals surface area (Å²) < 4.78 is 5.59. The lowest BCUT2D eigenvalue weighted by atomic mass is 10.1. The van der Waals surface area contributed by atoms with Crippen molar-refractivity contribution in [2.45, 2.75) is 19.8 Å². The molecule has 3 rings (SSSR count). The Kier molecular flexibility index (Phi) is 4.00. The minimum Gasteiger partial charge on any atom is -0.490 e. The third kappa shape index (κ3) is 2.90. The Hall–Kier alpha value is -2.50. The summed E-state index contributed by atoms with van der Waals surface area (Å²) in [5, 5.41) is 9.86. The molecule has 0 fully saturated rings. The molecule has 1 aromatic carbocycles. The van der Waals surface area contributed by atoms with E-state index in [0.717, 1.165) is 36.5 Å². The normalized spacial score (nSPS) is 13.5. The van der Waals surface area contributed by atoms with E-state index in [0.29, 0.717) is 18.0 Å². The quantitative estimate of drug-likeness (QED) is 0.910. The van der Waals surface area contributed by atoms with Crippen LogP contribution in [0.3, 0.4) is 0 Å². The van der Waals surface area contributed by atoms with Crippen molar-refractivity contribution in [1.82, 2.24) is 10.2 Å². The first-order valence-corrected chi connectivity index (χ1v) is 7.51. The Labute approximate surface area is 129 Å². The molecule has 0 atom stereocenters. The second kappa shape index (κ2) is 6.09. The summed E-state index contributed by atoms with van der Waals surface area (Å²) >= 11 is 0. The molecular weight excluding hydrogens is 280 g/mol. The highest BCUT2D eigenvalue weighted by atomic mass is 16.5. The van der Waals surface area contributed by atoms with Crippen molar-refractivity contribution < 1.29 is 9.53 Å². The van der Waals surface area contributed by atoms with Gasteiger partial charge in [-0.05, 0) is 24.6 Å². The fourth-order valence-electron chi connectivity index (χ4n) is 2.50. The van der Waals surface area contributed by atoms with Crippen LogP contribution in [0.2, 0.25) is 0 Å². The molecule has 22 heavy (non-hydrogen) atoms. The monoisotopic (exact) mass is 300 g/mol. The number of H-pyrrole nitrogens is 1. The molecule has 0 aliphatic carbocycles. The number of carbonyl (C=O) groups excluding carboxylic acids is 1. The van der Waals surface area contributed by atoms with Crippen molar-refractivity contribution in [3.8, 4) is 5.75 Å². The molecule has 6 nitrogen and oxygen atoms in total. The predicted molar refractivity (Wildman–Crippen MR) is 85.7 cm³/mol. The Morgan fingerprint density at radius 2 is 2.32 bits per heavy atom. The largest absolute Gasteiger partial charge is 0.490 e. The lowest BCUT2D eigenvalue weighted by molar-refractivity contribution is 0.102. The van der Waals surface area contributed by atoms with Crippen LogP contribution < -0.4 is 15.0 Å². The fraction of sp³-hybridized carbons (Fsp3) is 0.375. The Morgan fingerprint density at radius 1 is 1.45 bits per heavy atom. The zero-order valence-corrected chi connectivity index (χ0v) is 12.8. The van der Waals surface area contributed by atoms with E-state index in [1.807, 2.05) is 25.2 Å². The smallest absolute Gasteiger partial charge is 0.256 e. The number of aromatic amines is 1. The summed E-state index contributed by atoms with van der Waals surface area (Å²) in [6, 6.07) is 7.33. The Morgan fingerprint density at radius 3 is 3.14 bits per heavy atom. The first kappa shape index (κ1) is 14.4. The van der Waals surface area contributed by atoms with Gasteiger partial charge in [0, 0.05) is 24.4 Å². The molecule has 0 radical (unpaired) electrons. The van der Waals surface area contributed by atoms with Gasteiger partial charge in [-0.15, -0.1) is 0 Å². The van der Waals surface area contributed by atoms with E-state index in [1.165, 1.54) is 0 Å². The fourth-order valence-corrected chi connectivity index (χ4v) is 2.50. The number of benzene rings is 1. The molecule has 2 aromatic rings. The molecule has 2 N–H and O–H groups in total. The van der Waals surface area contributed by atoms with Gasteiger partial charge in [0.05, 0.1) is 12.2 Å². The number of aryl methyl sites for hydroxylation is 1. The molecule has 1 aromatic heterocycles. The van der Waals surface area contributed by atoms with Crippen molar-refractivity contribution in [1.29, 1.82) is 0 Å². The number of fused-ring (bicyclic) bond motifs is 1. The molecule has 0 saturated heterocycles. The average molecular weight is 300 g/mol. The summed E-state index contributed by atoms with van der Waals surface area (Å²) in [6.45, 7) is 3.59.